The molecule has 3 heteroatoms. The monoisotopic (exact) mass is 869 g/mol. The zero-order chi connectivity index (χ0) is 46.7. The number of furan rings is 1. The minimum absolute atomic E-state index is 0.0429. The highest BCUT2D eigenvalue weighted by molar-refractivity contribution is 6.11. The van der Waals surface area contributed by atoms with Crippen molar-refractivity contribution in [1.29, 1.82) is 0 Å². The van der Waals surface area contributed by atoms with Crippen LogP contribution in [0, 0.1) is 13.8 Å². The van der Waals surface area contributed by atoms with Gasteiger partial charge >= 0.3 is 0 Å². The number of benzene rings is 7. The second-order valence-electron chi connectivity index (χ2n) is 23.4. The van der Waals surface area contributed by atoms with E-state index in [1.54, 1.807) is 0 Å². The maximum atomic E-state index is 6.91. The van der Waals surface area contributed by atoms with Crippen LogP contribution in [0.15, 0.2) is 144 Å². The zero-order valence-electron chi connectivity index (χ0n) is 41.7. The summed E-state index contributed by atoms with van der Waals surface area (Å²) in [6.45, 7) is 30.9. The van der Waals surface area contributed by atoms with Gasteiger partial charge in [-0.25, -0.2) is 0 Å². The van der Waals surface area contributed by atoms with Crippen molar-refractivity contribution in [2.45, 2.75) is 136 Å². The van der Waals surface area contributed by atoms with Crippen LogP contribution in [0.2, 0.25) is 0 Å². The molecule has 2 aliphatic carbocycles. The van der Waals surface area contributed by atoms with E-state index in [1.807, 2.05) is 0 Å². The van der Waals surface area contributed by atoms with Gasteiger partial charge in [0, 0.05) is 39.1 Å². The van der Waals surface area contributed by atoms with Crippen LogP contribution < -0.4 is 9.80 Å². The summed E-state index contributed by atoms with van der Waals surface area (Å²) < 4.78 is 6.91. The van der Waals surface area contributed by atoms with E-state index in [2.05, 4.69) is 239 Å². The number of hydrogen-bond acceptors (Lipinski definition) is 3. The van der Waals surface area contributed by atoms with Crippen LogP contribution in [0.3, 0.4) is 0 Å². The van der Waals surface area contributed by atoms with Gasteiger partial charge in [-0.3, -0.25) is 0 Å². The molecule has 2 aliphatic rings. The molecule has 0 radical (unpaired) electrons. The van der Waals surface area contributed by atoms with E-state index in [0.717, 1.165) is 57.5 Å². The van der Waals surface area contributed by atoms with Gasteiger partial charge in [0.05, 0.1) is 11.4 Å². The van der Waals surface area contributed by atoms with Crippen LogP contribution >= 0.6 is 0 Å². The summed E-state index contributed by atoms with van der Waals surface area (Å²) in [6.07, 6.45) is 3.46. The van der Waals surface area contributed by atoms with E-state index in [1.165, 1.54) is 67.9 Å². The molecule has 0 saturated heterocycles. The fourth-order valence-electron chi connectivity index (χ4n) is 11.9. The molecule has 0 N–H and O–H groups in total. The van der Waals surface area contributed by atoms with Gasteiger partial charge in [0.1, 0.15) is 5.58 Å². The largest absolute Gasteiger partial charge is 0.454 e. The zero-order valence-corrected chi connectivity index (χ0v) is 41.7. The first kappa shape index (κ1) is 43.8. The van der Waals surface area contributed by atoms with E-state index in [4.69, 9.17) is 4.42 Å². The molecule has 3 nitrogen and oxygen atoms in total. The Morgan fingerprint density at radius 3 is 1.80 bits per heavy atom. The highest BCUT2D eigenvalue weighted by Gasteiger charge is 2.43. The molecule has 10 rings (SSSR count). The molecule has 0 saturated carbocycles. The maximum Gasteiger partial charge on any atom is 0.159 e. The molecule has 0 unspecified atom stereocenters. The molecule has 336 valence electrons. The number of anilines is 6. The van der Waals surface area contributed by atoms with Crippen LogP contribution in [0.1, 0.15) is 134 Å². The minimum atomic E-state index is -0.0429. The number of aryl methyl sites for hydroxylation is 2. The van der Waals surface area contributed by atoms with Crippen molar-refractivity contribution in [2.24, 2.45) is 0 Å². The predicted octanol–water partition coefficient (Wildman–Crippen LogP) is 18.4. The van der Waals surface area contributed by atoms with Crippen LogP contribution in [0.4, 0.5) is 34.1 Å². The Bertz CT molecular complexity index is 3190. The van der Waals surface area contributed by atoms with Crippen molar-refractivity contribution in [1.82, 2.24) is 0 Å². The quantitative estimate of drug-likeness (QED) is 0.159. The summed E-state index contributed by atoms with van der Waals surface area (Å²) in [5.74, 6) is 0. The summed E-state index contributed by atoms with van der Waals surface area (Å²) >= 11 is 0. The average molecular weight is 869 g/mol. The van der Waals surface area contributed by atoms with Crippen molar-refractivity contribution >= 4 is 56.1 Å². The number of para-hydroxylation sites is 2. The summed E-state index contributed by atoms with van der Waals surface area (Å²) in [7, 11) is 0. The topological polar surface area (TPSA) is 19.6 Å². The van der Waals surface area contributed by atoms with Gasteiger partial charge in [-0.2, -0.15) is 0 Å². The van der Waals surface area contributed by atoms with Crippen molar-refractivity contribution in [3.63, 3.8) is 0 Å². The lowest BCUT2D eigenvalue weighted by atomic mass is 9.63. The fraction of sp³-hybridized carbons (Fsp3) is 0.333. The Morgan fingerprint density at radius 2 is 1.09 bits per heavy atom. The lowest BCUT2D eigenvalue weighted by Crippen LogP contribution is -2.34. The molecular formula is C63H68N2O. The Balaban J connectivity index is 1.27. The lowest BCUT2D eigenvalue weighted by molar-refractivity contribution is 0.332. The third-order valence-corrected chi connectivity index (χ3v) is 15.4. The summed E-state index contributed by atoms with van der Waals surface area (Å²) in [4.78, 5) is 5.04. The van der Waals surface area contributed by atoms with Gasteiger partial charge < -0.3 is 14.2 Å². The van der Waals surface area contributed by atoms with Crippen molar-refractivity contribution in [2.75, 3.05) is 9.80 Å². The molecule has 66 heavy (non-hydrogen) atoms. The Hall–Kier alpha value is -6.06. The third-order valence-electron chi connectivity index (χ3n) is 15.4. The Morgan fingerprint density at radius 1 is 0.470 bits per heavy atom. The number of nitrogens with zero attached hydrogens (tertiary/aromatic N) is 2. The van der Waals surface area contributed by atoms with Gasteiger partial charge in [-0.1, -0.05) is 155 Å². The molecule has 1 heterocycles. The van der Waals surface area contributed by atoms with Crippen molar-refractivity contribution < 1.29 is 4.42 Å². The highest BCUT2D eigenvalue weighted by atomic mass is 16.3. The smallest absolute Gasteiger partial charge is 0.159 e. The van der Waals surface area contributed by atoms with E-state index >= 15 is 0 Å². The molecule has 0 amide bonds. The molecule has 8 aromatic rings. The fourth-order valence-corrected chi connectivity index (χ4v) is 11.9. The van der Waals surface area contributed by atoms with Gasteiger partial charge in [0.15, 0.2) is 5.58 Å². The summed E-state index contributed by atoms with van der Waals surface area (Å²) in [6, 6.07) is 52.6. The van der Waals surface area contributed by atoms with Gasteiger partial charge in [0.2, 0.25) is 0 Å². The second kappa shape index (κ2) is 15.2. The van der Waals surface area contributed by atoms with E-state index in [-0.39, 0.29) is 27.1 Å². The predicted molar refractivity (Wildman–Crippen MR) is 283 cm³/mol. The molecule has 0 spiro atoms. The van der Waals surface area contributed by atoms with Gasteiger partial charge in [-0.15, -0.1) is 0 Å². The molecule has 0 fully saturated rings. The number of rotatable bonds is 7. The first-order chi connectivity index (χ1) is 31.1. The first-order valence-electron chi connectivity index (χ1n) is 24.3. The highest BCUT2D eigenvalue weighted by Crippen LogP contribution is 2.54. The normalized spacial score (nSPS) is 16.9. The standard InChI is InChI=1S/C63H68N2O/c1-40-32-45(64(44-27-28-50-52(37-44)63(12,13)39-62(50,10)11)56-38-53-51(34-41(56)2)60(6,7)30-31-61(53,8)9)36-46(33-40)65(55-24-19-23-48-47-22-17-18-25-57(47)66-58(48)55)54-29-26-43(59(3,4)5)35-49(54)42-20-15-14-16-21-42/h14-29,32-38H,30-31,39H2,1-13H3. The van der Waals surface area contributed by atoms with Crippen LogP contribution in [0.25, 0.3) is 33.1 Å². The average Bonchev–Trinajstić information content (AvgIpc) is 3.73. The lowest BCUT2D eigenvalue weighted by Gasteiger charge is -2.43. The molecule has 0 aliphatic heterocycles. The van der Waals surface area contributed by atoms with Crippen molar-refractivity contribution in [3.8, 4) is 11.1 Å². The minimum Gasteiger partial charge on any atom is -0.454 e. The van der Waals surface area contributed by atoms with Crippen LogP contribution in [-0.4, -0.2) is 0 Å². The Labute approximate surface area is 394 Å². The van der Waals surface area contributed by atoms with Crippen molar-refractivity contribution in [3.05, 3.63) is 178 Å². The Kier molecular flexibility index (Phi) is 10.1. The first-order valence-corrected chi connectivity index (χ1v) is 24.3. The second-order valence-corrected chi connectivity index (χ2v) is 23.4. The number of fused-ring (bicyclic) bond motifs is 5. The van der Waals surface area contributed by atoms with Crippen LogP contribution in [-0.2, 0) is 27.1 Å². The number of hydrogen-bond donors (Lipinski definition) is 0. The molecule has 0 atom stereocenters. The van der Waals surface area contributed by atoms with E-state index in [0.29, 0.717) is 0 Å². The summed E-state index contributed by atoms with van der Waals surface area (Å²) in [5, 5.41) is 2.22. The van der Waals surface area contributed by atoms with Crippen LogP contribution in [0.5, 0.6) is 0 Å². The maximum absolute atomic E-state index is 6.91. The van der Waals surface area contributed by atoms with E-state index in [9.17, 15) is 0 Å². The molecule has 7 aromatic carbocycles. The SMILES string of the molecule is Cc1cc(N(c2ccc3c(c2)C(C)(C)CC3(C)C)c2cc3c(cc2C)C(C)(C)CCC3(C)C)cc(N(c2ccc(C(C)(C)C)cc2-c2ccccc2)c2cccc3c2oc2ccccc23)c1. The summed E-state index contributed by atoms with van der Waals surface area (Å²) in [5.41, 5.74) is 20.7. The van der Waals surface area contributed by atoms with Gasteiger partial charge in [0.25, 0.3) is 0 Å². The molecule has 0 bridgehead atoms. The molecule has 1 aromatic heterocycles. The third kappa shape index (κ3) is 7.34. The van der Waals surface area contributed by atoms with Gasteiger partial charge in [-0.05, 0) is 165 Å². The molecular weight excluding hydrogens is 801 g/mol. The van der Waals surface area contributed by atoms with E-state index < -0.39 is 0 Å².